The third-order valence-electron chi connectivity index (χ3n) is 7.12. The fraction of sp³-hybridized carbons (Fsp3) is 0.200. The molecule has 0 saturated carbocycles. The molecule has 0 radical (unpaired) electrons. The highest BCUT2D eigenvalue weighted by Gasteiger charge is 2.26. The van der Waals surface area contributed by atoms with E-state index in [-0.39, 0.29) is 23.0 Å². The summed E-state index contributed by atoms with van der Waals surface area (Å²) in [6, 6.07) is 14.9. The van der Waals surface area contributed by atoms with Gasteiger partial charge in [-0.15, -0.1) is 11.3 Å². The van der Waals surface area contributed by atoms with Crippen LogP contribution in [0.5, 0.6) is 5.75 Å². The number of hydrogen-bond donors (Lipinski definition) is 1. The van der Waals surface area contributed by atoms with Gasteiger partial charge >= 0.3 is 0 Å². The first-order valence-electron chi connectivity index (χ1n) is 13.1. The molecule has 42 heavy (non-hydrogen) atoms. The molecule has 6 rings (SSSR count). The minimum Gasteiger partial charge on any atom is -0.496 e. The number of fused-ring (bicyclic) bond motifs is 2. The van der Waals surface area contributed by atoms with Crippen LogP contribution >= 0.6 is 22.9 Å². The number of imidazole rings is 1. The number of amides is 2. The summed E-state index contributed by atoms with van der Waals surface area (Å²) >= 11 is 7.35. The lowest BCUT2D eigenvalue weighted by atomic mass is 10.1. The number of rotatable bonds is 7. The average Bonchev–Trinajstić information content (AvgIpc) is 3.60. The molecule has 3 aromatic carbocycles. The lowest BCUT2D eigenvalue weighted by molar-refractivity contribution is 0.0733. The lowest BCUT2D eigenvalue weighted by Gasteiger charge is -2.26. The van der Waals surface area contributed by atoms with Crippen molar-refractivity contribution < 1.29 is 23.1 Å². The highest BCUT2D eigenvalue weighted by Crippen LogP contribution is 2.28. The van der Waals surface area contributed by atoms with Crippen LogP contribution in [-0.4, -0.2) is 44.9 Å². The van der Waals surface area contributed by atoms with E-state index in [0.29, 0.717) is 36.6 Å². The molecule has 0 bridgehead atoms. The number of benzene rings is 3. The van der Waals surface area contributed by atoms with Crippen molar-refractivity contribution in [2.75, 3.05) is 13.7 Å². The maximum absolute atomic E-state index is 13.6. The Morgan fingerprint density at radius 3 is 2.76 bits per heavy atom. The van der Waals surface area contributed by atoms with E-state index in [4.69, 9.17) is 16.3 Å². The first-order chi connectivity index (χ1) is 20.3. The van der Waals surface area contributed by atoms with E-state index < -0.39 is 17.5 Å². The first kappa shape index (κ1) is 27.8. The number of nitrogens with zero attached hydrogens (tertiary/aromatic N) is 4. The van der Waals surface area contributed by atoms with Gasteiger partial charge in [-0.05, 0) is 36.4 Å². The van der Waals surface area contributed by atoms with Crippen LogP contribution in [0.4, 0.5) is 8.78 Å². The van der Waals surface area contributed by atoms with E-state index in [1.807, 2.05) is 41.0 Å². The van der Waals surface area contributed by atoms with Crippen LogP contribution in [0, 0.1) is 11.6 Å². The van der Waals surface area contributed by atoms with Crippen molar-refractivity contribution in [2.45, 2.75) is 26.1 Å². The molecule has 0 fully saturated rings. The molecule has 1 aliphatic rings. The van der Waals surface area contributed by atoms with Gasteiger partial charge in [0.15, 0.2) is 11.6 Å². The van der Waals surface area contributed by atoms with Crippen molar-refractivity contribution in [2.24, 2.45) is 0 Å². The standard InChI is InChI=1S/C30H24ClF2N5O3S/c1-41-26-5-3-2-4-18(26)14-38-16-35-23-10-17(6-7-25(23)38)30(40)37-9-8-27-24(15-37)36-28(42-27)13-34-29(39)19-11-21(32)22(33)12-20(19)31/h2-7,10-12,16H,8-9,13-15H2,1H3,(H,34,39). The summed E-state index contributed by atoms with van der Waals surface area (Å²) in [5, 5.41) is 3.11. The molecule has 214 valence electrons. The summed E-state index contributed by atoms with van der Waals surface area (Å²) in [6.07, 6.45) is 2.39. The van der Waals surface area contributed by atoms with Gasteiger partial charge in [-0.25, -0.2) is 18.7 Å². The van der Waals surface area contributed by atoms with Crippen LogP contribution in [0.15, 0.2) is 60.9 Å². The topological polar surface area (TPSA) is 89.4 Å². The number of methoxy groups -OCH3 is 1. The summed E-state index contributed by atoms with van der Waals surface area (Å²) in [6.45, 7) is 1.55. The minimum atomic E-state index is -1.15. The molecule has 12 heteroatoms. The van der Waals surface area contributed by atoms with Gasteiger partial charge in [-0.2, -0.15) is 0 Å². The van der Waals surface area contributed by atoms with E-state index in [0.717, 1.165) is 45.1 Å². The van der Waals surface area contributed by atoms with Crippen LogP contribution in [0.1, 0.15) is 41.9 Å². The van der Waals surface area contributed by atoms with E-state index in [1.54, 1.807) is 24.4 Å². The Hall–Kier alpha value is -4.35. The molecule has 0 atom stereocenters. The highest BCUT2D eigenvalue weighted by atomic mass is 35.5. The van der Waals surface area contributed by atoms with Gasteiger partial charge in [0.2, 0.25) is 0 Å². The number of carbonyl (C=O) groups excluding carboxylic acids is 2. The number of hydrogen-bond acceptors (Lipinski definition) is 6. The molecule has 2 aromatic heterocycles. The molecule has 0 spiro atoms. The number of halogens is 3. The molecule has 8 nitrogen and oxygen atoms in total. The number of carbonyl (C=O) groups is 2. The maximum atomic E-state index is 13.6. The first-order valence-corrected chi connectivity index (χ1v) is 14.3. The third kappa shape index (κ3) is 5.45. The van der Waals surface area contributed by atoms with Gasteiger partial charge in [0.05, 0.1) is 60.4 Å². The van der Waals surface area contributed by atoms with E-state index in [1.165, 1.54) is 11.3 Å². The Balaban J connectivity index is 1.12. The van der Waals surface area contributed by atoms with Crippen LogP contribution in [0.2, 0.25) is 5.02 Å². The maximum Gasteiger partial charge on any atom is 0.254 e. The van der Waals surface area contributed by atoms with Crippen molar-refractivity contribution >= 4 is 45.8 Å². The molecular formula is C30H24ClF2N5O3S. The van der Waals surface area contributed by atoms with Crippen LogP contribution < -0.4 is 10.1 Å². The molecule has 0 aliphatic carbocycles. The number of aromatic nitrogens is 3. The summed E-state index contributed by atoms with van der Waals surface area (Å²) in [7, 11) is 1.65. The summed E-state index contributed by atoms with van der Waals surface area (Å²) < 4.78 is 34.4. The average molecular weight is 608 g/mol. The zero-order valence-electron chi connectivity index (χ0n) is 22.4. The lowest BCUT2D eigenvalue weighted by Crippen LogP contribution is -2.35. The van der Waals surface area contributed by atoms with Crippen molar-refractivity contribution in [3.63, 3.8) is 0 Å². The fourth-order valence-corrected chi connectivity index (χ4v) is 6.21. The van der Waals surface area contributed by atoms with Crippen molar-refractivity contribution in [3.05, 3.63) is 110 Å². The predicted molar refractivity (Wildman–Crippen MR) is 155 cm³/mol. The summed E-state index contributed by atoms with van der Waals surface area (Å²) in [4.78, 5) is 37.8. The van der Waals surface area contributed by atoms with Gasteiger partial charge in [0.1, 0.15) is 10.8 Å². The molecule has 2 amide bonds. The normalized spacial score (nSPS) is 12.8. The van der Waals surface area contributed by atoms with Crippen molar-refractivity contribution in [1.82, 2.24) is 24.8 Å². The number of thiazole rings is 1. The Morgan fingerprint density at radius 1 is 1.12 bits per heavy atom. The summed E-state index contributed by atoms with van der Waals surface area (Å²) in [5.74, 6) is -2.22. The summed E-state index contributed by atoms with van der Waals surface area (Å²) in [5.41, 5.74) is 3.82. The quantitative estimate of drug-likeness (QED) is 0.243. The van der Waals surface area contributed by atoms with Gasteiger partial charge in [0.25, 0.3) is 11.8 Å². The van der Waals surface area contributed by atoms with Crippen LogP contribution in [0.3, 0.4) is 0 Å². The predicted octanol–water partition coefficient (Wildman–Crippen LogP) is 5.61. The minimum absolute atomic E-state index is 0.0912. The van der Waals surface area contributed by atoms with Gasteiger partial charge in [0, 0.05) is 29.0 Å². The Labute approximate surface area is 248 Å². The van der Waals surface area contributed by atoms with Gasteiger partial charge < -0.3 is 19.5 Å². The van der Waals surface area contributed by atoms with E-state index in [2.05, 4.69) is 15.3 Å². The number of ether oxygens (including phenoxy) is 1. The molecule has 0 saturated heterocycles. The zero-order chi connectivity index (χ0) is 29.4. The monoisotopic (exact) mass is 607 g/mol. The van der Waals surface area contributed by atoms with Gasteiger partial charge in [-0.1, -0.05) is 29.8 Å². The van der Waals surface area contributed by atoms with Gasteiger partial charge in [-0.3, -0.25) is 9.59 Å². The van der Waals surface area contributed by atoms with E-state index >= 15 is 0 Å². The SMILES string of the molecule is COc1ccccc1Cn1cnc2cc(C(=O)N3CCc4sc(CNC(=O)c5cc(F)c(F)cc5Cl)nc4C3)ccc21. The Morgan fingerprint density at radius 2 is 1.93 bits per heavy atom. The second kappa shape index (κ2) is 11.5. The molecule has 5 aromatic rings. The molecular weight excluding hydrogens is 584 g/mol. The largest absolute Gasteiger partial charge is 0.496 e. The zero-order valence-corrected chi connectivity index (χ0v) is 23.9. The number of para-hydroxylation sites is 1. The highest BCUT2D eigenvalue weighted by molar-refractivity contribution is 7.11. The number of nitrogens with one attached hydrogen (secondary N) is 1. The Kier molecular flexibility index (Phi) is 7.61. The molecule has 1 N–H and O–H groups in total. The molecule has 0 unspecified atom stereocenters. The fourth-order valence-electron chi connectivity index (χ4n) is 4.97. The molecule has 1 aliphatic heterocycles. The third-order valence-corrected chi connectivity index (χ3v) is 8.59. The molecule has 3 heterocycles. The van der Waals surface area contributed by atoms with Crippen molar-refractivity contribution in [3.8, 4) is 5.75 Å². The smallest absolute Gasteiger partial charge is 0.254 e. The second-order valence-electron chi connectivity index (χ2n) is 9.77. The van der Waals surface area contributed by atoms with Crippen LogP contribution in [0.25, 0.3) is 11.0 Å². The Bertz CT molecular complexity index is 1840. The van der Waals surface area contributed by atoms with Crippen LogP contribution in [-0.2, 0) is 26.1 Å². The van der Waals surface area contributed by atoms with Crippen molar-refractivity contribution in [1.29, 1.82) is 0 Å². The second-order valence-corrected chi connectivity index (χ2v) is 11.3. The van der Waals surface area contributed by atoms with E-state index in [9.17, 15) is 18.4 Å².